The van der Waals surface area contributed by atoms with E-state index in [2.05, 4.69) is 57.9 Å². The van der Waals surface area contributed by atoms with Crippen molar-refractivity contribution in [3.05, 3.63) is 41.3 Å². The number of allylic oxidation sites excluding steroid dienone is 1. The Hall–Kier alpha value is -2.05. The number of hydrogen-bond acceptors (Lipinski definition) is 5. The lowest BCUT2D eigenvalue weighted by atomic mass is 9.79. The van der Waals surface area contributed by atoms with Gasteiger partial charge >= 0.3 is 7.12 Å². The van der Waals surface area contributed by atoms with Crippen LogP contribution in [-0.4, -0.2) is 23.3 Å². The number of nitrogens with zero attached hydrogens (tertiary/aromatic N) is 1. The maximum absolute atomic E-state index is 6.11. The minimum Gasteiger partial charge on any atom is -0.428 e. The summed E-state index contributed by atoms with van der Waals surface area (Å²) in [6.45, 7) is 12.5. The van der Waals surface area contributed by atoms with Crippen LogP contribution in [0.1, 0.15) is 65.3 Å². The largest absolute Gasteiger partial charge is 0.494 e. The molecule has 1 atom stereocenters. The van der Waals surface area contributed by atoms with Gasteiger partial charge < -0.3 is 19.0 Å². The monoisotopic (exact) mass is 366 g/mol. The van der Waals surface area contributed by atoms with Crippen LogP contribution in [0.4, 0.5) is 11.7 Å². The summed E-state index contributed by atoms with van der Waals surface area (Å²) in [6.07, 6.45) is 3.12. The lowest BCUT2D eigenvalue weighted by Crippen LogP contribution is -2.41. The van der Waals surface area contributed by atoms with E-state index in [9.17, 15) is 0 Å². The van der Waals surface area contributed by atoms with Gasteiger partial charge in [0.1, 0.15) is 11.5 Å². The molecular weight excluding hydrogens is 339 g/mol. The van der Waals surface area contributed by atoms with Gasteiger partial charge in [0.2, 0.25) is 0 Å². The molecule has 1 saturated heterocycles. The molecule has 5 nitrogen and oxygen atoms in total. The second-order valence-electron chi connectivity index (χ2n) is 8.70. The van der Waals surface area contributed by atoms with E-state index in [1.165, 1.54) is 5.57 Å². The van der Waals surface area contributed by atoms with Crippen molar-refractivity contribution in [3.8, 4) is 0 Å². The Morgan fingerprint density at radius 2 is 1.70 bits per heavy atom. The van der Waals surface area contributed by atoms with Gasteiger partial charge in [0.05, 0.1) is 11.2 Å². The third kappa shape index (κ3) is 3.32. The van der Waals surface area contributed by atoms with Crippen LogP contribution in [0.5, 0.6) is 0 Å². The normalized spacial score (nSPS) is 23.1. The van der Waals surface area contributed by atoms with Crippen LogP contribution in [-0.2, 0) is 9.31 Å². The number of nitrogens with one attached hydrogen (secondary N) is 1. The first-order valence-electron chi connectivity index (χ1n) is 9.55. The average molecular weight is 366 g/mol. The van der Waals surface area contributed by atoms with Crippen molar-refractivity contribution in [2.24, 2.45) is 0 Å². The van der Waals surface area contributed by atoms with E-state index in [4.69, 9.17) is 13.7 Å². The lowest BCUT2D eigenvalue weighted by Gasteiger charge is -2.32. The smallest absolute Gasteiger partial charge is 0.428 e. The number of oxazole rings is 1. The number of fused-ring (bicyclic) bond motifs is 1. The van der Waals surface area contributed by atoms with Crippen LogP contribution in [0.15, 0.2) is 34.3 Å². The third-order valence-electron chi connectivity index (χ3n) is 5.83. The topological polar surface area (TPSA) is 56.5 Å². The van der Waals surface area contributed by atoms with E-state index in [0.717, 1.165) is 29.0 Å². The highest BCUT2D eigenvalue weighted by Crippen LogP contribution is 2.37. The van der Waals surface area contributed by atoms with Crippen LogP contribution in [0.3, 0.4) is 0 Å². The molecule has 0 amide bonds. The van der Waals surface area contributed by atoms with Crippen LogP contribution < -0.4 is 10.8 Å². The van der Waals surface area contributed by atoms with Gasteiger partial charge in [0.15, 0.2) is 0 Å². The lowest BCUT2D eigenvalue weighted by molar-refractivity contribution is 0.00578. The third-order valence-corrected chi connectivity index (χ3v) is 5.83. The molecule has 1 aliphatic heterocycles. The van der Waals surface area contributed by atoms with Gasteiger partial charge in [-0.25, -0.2) is 0 Å². The Labute approximate surface area is 161 Å². The Balaban J connectivity index is 1.49. The zero-order chi connectivity index (χ0) is 19.4. The first-order valence-corrected chi connectivity index (χ1v) is 9.55. The number of anilines is 2. The number of benzene rings is 1. The molecule has 0 bridgehead atoms. The summed E-state index contributed by atoms with van der Waals surface area (Å²) in [6, 6.07) is 8.54. The summed E-state index contributed by atoms with van der Waals surface area (Å²) >= 11 is 0. The molecule has 0 spiro atoms. The molecular formula is C21H27BN2O3. The van der Waals surface area contributed by atoms with E-state index in [0.29, 0.717) is 11.9 Å². The highest BCUT2D eigenvalue weighted by atomic mass is 16.7. The van der Waals surface area contributed by atoms with Gasteiger partial charge in [-0.1, -0.05) is 24.6 Å². The molecule has 142 valence electrons. The molecule has 2 aliphatic rings. The molecule has 1 aromatic carbocycles. The molecule has 0 radical (unpaired) electrons. The Morgan fingerprint density at radius 3 is 2.33 bits per heavy atom. The second-order valence-corrected chi connectivity index (χ2v) is 8.70. The number of rotatable bonds is 3. The number of aromatic nitrogens is 1. The van der Waals surface area contributed by atoms with Gasteiger partial charge in [0.25, 0.3) is 6.01 Å². The predicted molar refractivity (Wildman–Crippen MR) is 109 cm³/mol. The van der Waals surface area contributed by atoms with Crippen molar-refractivity contribution in [1.29, 1.82) is 0 Å². The first-order chi connectivity index (χ1) is 12.6. The maximum Gasteiger partial charge on any atom is 0.494 e. The molecule has 27 heavy (non-hydrogen) atoms. The highest BCUT2D eigenvalue weighted by molar-refractivity contribution is 6.62. The van der Waals surface area contributed by atoms with Gasteiger partial charge in [-0.3, -0.25) is 0 Å². The van der Waals surface area contributed by atoms with Crippen LogP contribution in [0.2, 0.25) is 0 Å². The SMILES string of the molecule is CC1=Cc2nc(Nc3ccc(B4OC(C)(C)C(C)(C)O4)cc3)oc2C(C)C1. The van der Waals surface area contributed by atoms with Crippen LogP contribution >= 0.6 is 0 Å². The minimum absolute atomic E-state index is 0.339. The molecule has 0 saturated carbocycles. The number of hydrogen-bond donors (Lipinski definition) is 1. The van der Waals surface area contributed by atoms with Crippen molar-refractivity contribution in [1.82, 2.24) is 4.98 Å². The summed E-state index contributed by atoms with van der Waals surface area (Å²) in [5.41, 5.74) is 3.51. The Kier molecular flexibility index (Phi) is 4.24. The molecule has 1 N–H and O–H groups in total. The summed E-state index contributed by atoms with van der Waals surface area (Å²) in [5.74, 6) is 1.32. The zero-order valence-electron chi connectivity index (χ0n) is 16.9. The molecule has 2 aromatic rings. The molecule has 1 aromatic heterocycles. The summed E-state index contributed by atoms with van der Waals surface area (Å²) in [7, 11) is -0.355. The first kappa shape index (κ1) is 18.3. The van der Waals surface area contributed by atoms with Crippen molar-refractivity contribution in [2.45, 2.75) is 65.1 Å². The standard InChI is InChI=1S/C21H27BN2O3/c1-13-11-14(2)18-17(12-13)24-19(25-18)23-16-9-7-15(8-10-16)22-26-20(3,4)21(5,6)27-22/h7-10,12,14H,11H2,1-6H3,(H,23,24). The Bertz CT molecular complexity index is 867. The molecule has 2 heterocycles. The van der Waals surface area contributed by atoms with E-state index in [1.807, 2.05) is 24.3 Å². The average Bonchev–Trinajstić information content (AvgIpc) is 3.06. The fraction of sp³-hybridized carbons (Fsp3) is 0.476. The summed E-state index contributed by atoms with van der Waals surface area (Å²) in [5, 5.41) is 3.26. The van der Waals surface area contributed by atoms with Gasteiger partial charge in [-0.15, -0.1) is 0 Å². The van der Waals surface area contributed by atoms with E-state index in [-0.39, 0.29) is 18.3 Å². The van der Waals surface area contributed by atoms with Gasteiger partial charge in [-0.2, -0.15) is 4.98 Å². The molecule has 4 rings (SSSR count). The molecule has 1 fully saturated rings. The highest BCUT2D eigenvalue weighted by Gasteiger charge is 2.51. The van der Waals surface area contributed by atoms with Crippen LogP contribution in [0.25, 0.3) is 6.08 Å². The summed E-state index contributed by atoms with van der Waals surface area (Å²) < 4.78 is 18.1. The zero-order valence-corrected chi connectivity index (χ0v) is 16.9. The van der Waals surface area contributed by atoms with Gasteiger partial charge in [0, 0.05) is 11.6 Å². The maximum atomic E-state index is 6.11. The van der Waals surface area contributed by atoms with Crippen LogP contribution in [0, 0.1) is 0 Å². The van der Waals surface area contributed by atoms with Crippen molar-refractivity contribution < 1.29 is 13.7 Å². The van der Waals surface area contributed by atoms with Crippen molar-refractivity contribution in [2.75, 3.05) is 5.32 Å². The van der Waals surface area contributed by atoms with Gasteiger partial charge in [-0.05, 0) is 64.7 Å². The fourth-order valence-corrected chi connectivity index (χ4v) is 3.55. The quantitative estimate of drug-likeness (QED) is 0.803. The molecule has 1 unspecified atom stereocenters. The predicted octanol–water partition coefficient (Wildman–Crippen LogP) is 4.63. The van der Waals surface area contributed by atoms with E-state index in [1.54, 1.807) is 0 Å². The molecule has 1 aliphatic carbocycles. The van der Waals surface area contributed by atoms with E-state index < -0.39 is 0 Å². The molecule has 6 heteroatoms. The Morgan fingerprint density at radius 1 is 1.07 bits per heavy atom. The van der Waals surface area contributed by atoms with Crippen molar-refractivity contribution >= 4 is 30.4 Å². The van der Waals surface area contributed by atoms with E-state index >= 15 is 0 Å². The minimum atomic E-state index is -0.355. The second kappa shape index (κ2) is 6.25. The summed E-state index contributed by atoms with van der Waals surface area (Å²) in [4.78, 5) is 4.58. The fourth-order valence-electron chi connectivity index (χ4n) is 3.55. The van der Waals surface area contributed by atoms with Crippen molar-refractivity contribution in [3.63, 3.8) is 0 Å².